The van der Waals surface area contributed by atoms with Crippen molar-refractivity contribution in [2.24, 2.45) is 7.05 Å². The molecule has 1 aliphatic rings. The van der Waals surface area contributed by atoms with Gasteiger partial charge in [0, 0.05) is 44.6 Å². The van der Waals surface area contributed by atoms with E-state index in [9.17, 15) is 0 Å². The Hall–Kier alpha value is -1.82. The summed E-state index contributed by atoms with van der Waals surface area (Å²) in [6, 6.07) is 0. The number of aryl methyl sites for hydroxylation is 2. The molecule has 1 N–H and O–H groups in total. The van der Waals surface area contributed by atoms with Gasteiger partial charge in [-0.15, -0.1) is 0 Å². The highest BCUT2D eigenvalue weighted by Gasteiger charge is 2.23. The van der Waals surface area contributed by atoms with Crippen molar-refractivity contribution in [2.45, 2.75) is 39.9 Å². The fourth-order valence-electron chi connectivity index (χ4n) is 3.04. The highest BCUT2D eigenvalue weighted by Crippen LogP contribution is 2.26. The number of aromatic nitrogens is 4. The van der Waals surface area contributed by atoms with Gasteiger partial charge in [-0.2, -0.15) is 5.10 Å². The molecule has 0 atom stereocenters. The third-order valence-corrected chi connectivity index (χ3v) is 4.09. The van der Waals surface area contributed by atoms with Crippen LogP contribution in [0.1, 0.15) is 30.4 Å². The summed E-state index contributed by atoms with van der Waals surface area (Å²) < 4.78 is 4.24. The average molecular weight is 288 g/mol. The van der Waals surface area contributed by atoms with E-state index in [0.29, 0.717) is 0 Å². The highest BCUT2D eigenvalue weighted by molar-refractivity contribution is 5.50. The maximum atomic E-state index is 4.62. The van der Waals surface area contributed by atoms with Gasteiger partial charge >= 0.3 is 0 Å². The van der Waals surface area contributed by atoms with Crippen molar-refractivity contribution in [3.8, 4) is 0 Å². The maximum absolute atomic E-state index is 4.62. The monoisotopic (exact) mass is 288 g/mol. The van der Waals surface area contributed by atoms with Gasteiger partial charge in [0.25, 0.3) is 0 Å². The topological polar surface area (TPSA) is 50.9 Å². The van der Waals surface area contributed by atoms with Gasteiger partial charge in [-0.3, -0.25) is 4.68 Å². The summed E-state index contributed by atoms with van der Waals surface area (Å²) in [7, 11) is 2.03. The lowest BCUT2D eigenvalue weighted by molar-refractivity contribution is 0.543. The summed E-state index contributed by atoms with van der Waals surface area (Å²) >= 11 is 0. The van der Waals surface area contributed by atoms with Crippen LogP contribution in [0.5, 0.6) is 0 Å². The summed E-state index contributed by atoms with van der Waals surface area (Å²) in [5.74, 6) is 2.36. The smallest absolute Gasteiger partial charge is 0.131 e. The van der Waals surface area contributed by atoms with Crippen LogP contribution in [0.3, 0.4) is 0 Å². The molecular weight excluding hydrogens is 264 g/mol. The molecule has 3 rings (SSSR count). The van der Waals surface area contributed by atoms with Crippen LogP contribution in [0, 0.1) is 6.92 Å². The zero-order valence-corrected chi connectivity index (χ0v) is 13.1. The zero-order chi connectivity index (χ0) is 14.8. The fourth-order valence-corrected chi connectivity index (χ4v) is 3.04. The number of nitrogens with one attached hydrogen (secondary N) is 1. The van der Waals surface area contributed by atoms with E-state index in [4.69, 9.17) is 0 Å². The fraction of sp³-hybridized carbons (Fsp3) is 0.600. The van der Waals surface area contributed by atoms with Crippen LogP contribution in [-0.2, 0) is 26.7 Å². The van der Waals surface area contributed by atoms with Gasteiger partial charge in [0.1, 0.15) is 11.6 Å². The predicted octanol–water partition coefficient (Wildman–Crippen LogP) is 1.44. The Morgan fingerprint density at radius 1 is 1.33 bits per heavy atom. The number of imidazole rings is 1. The van der Waals surface area contributed by atoms with E-state index in [1.54, 1.807) is 0 Å². The molecule has 0 spiro atoms. The second-order valence-electron chi connectivity index (χ2n) is 5.65. The Balaban J connectivity index is 1.84. The molecule has 6 nitrogen and oxygen atoms in total. The van der Waals surface area contributed by atoms with Crippen LogP contribution in [0.25, 0.3) is 0 Å². The number of hydrogen-bond donors (Lipinski definition) is 1. The van der Waals surface area contributed by atoms with Gasteiger partial charge in [0.15, 0.2) is 0 Å². The van der Waals surface area contributed by atoms with Crippen molar-refractivity contribution in [3.05, 3.63) is 29.5 Å². The quantitative estimate of drug-likeness (QED) is 0.846. The van der Waals surface area contributed by atoms with Crippen LogP contribution in [0.15, 0.2) is 12.4 Å². The van der Waals surface area contributed by atoms with Crippen molar-refractivity contribution in [2.75, 3.05) is 18.0 Å². The molecule has 0 fully saturated rings. The highest BCUT2D eigenvalue weighted by atomic mass is 15.4. The van der Waals surface area contributed by atoms with E-state index >= 15 is 0 Å². The van der Waals surface area contributed by atoms with Crippen molar-refractivity contribution >= 4 is 5.82 Å². The summed E-state index contributed by atoms with van der Waals surface area (Å²) in [5, 5.41) is 8.11. The van der Waals surface area contributed by atoms with E-state index in [1.165, 1.54) is 11.4 Å². The largest absolute Gasteiger partial charge is 0.347 e. The Morgan fingerprint density at radius 3 is 3.00 bits per heavy atom. The number of hydrogen-bond acceptors (Lipinski definition) is 4. The minimum Gasteiger partial charge on any atom is -0.347 e. The number of anilines is 1. The van der Waals surface area contributed by atoms with Crippen molar-refractivity contribution < 1.29 is 0 Å². The summed E-state index contributed by atoms with van der Waals surface area (Å²) in [5.41, 5.74) is 2.43. The molecule has 0 amide bonds. The standard InChI is InChI=1S/C15H24N6/c1-4-5-16-10-13-12(2)18-19(3)15(13)21-9-8-20-7-6-17-14(20)11-21/h6-7,16H,4-5,8-11H2,1-3H3. The third-order valence-electron chi connectivity index (χ3n) is 4.09. The van der Waals surface area contributed by atoms with E-state index in [-0.39, 0.29) is 0 Å². The lowest BCUT2D eigenvalue weighted by Gasteiger charge is -2.30. The Kier molecular flexibility index (Phi) is 3.96. The van der Waals surface area contributed by atoms with E-state index < -0.39 is 0 Å². The molecule has 2 aromatic rings. The Morgan fingerprint density at radius 2 is 2.19 bits per heavy atom. The molecule has 0 bridgehead atoms. The van der Waals surface area contributed by atoms with Crippen molar-refractivity contribution in [1.82, 2.24) is 24.6 Å². The molecule has 114 valence electrons. The number of nitrogens with zero attached hydrogens (tertiary/aromatic N) is 5. The normalized spacial score (nSPS) is 14.5. The van der Waals surface area contributed by atoms with Gasteiger partial charge in [0.2, 0.25) is 0 Å². The van der Waals surface area contributed by atoms with Crippen molar-refractivity contribution in [3.63, 3.8) is 0 Å². The van der Waals surface area contributed by atoms with Gasteiger partial charge in [0.05, 0.1) is 12.2 Å². The molecule has 0 saturated carbocycles. The predicted molar refractivity (Wildman–Crippen MR) is 83.2 cm³/mol. The molecule has 2 aromatic heterocycles. The molecular formula is C15H24N6. The summed E-state index contributed by atoms with van der Waals surface area (Å²) in [6.45, 7) is 9.05. The Bertz CT molecular complexity index is 612. The van der Waals surface area contributed by atoms with Crippen LogP contribution in [0.4, 0.5) is 5.82 Å². The van der Waals surface area contributed by atoms with Crippen LogP contribution < -0.4 is 10.2 Å². The van der Waals surface area contributed by atoms with Crippen molar-refractivity contribution in [1.29, 1.82) is 0 Å². The van der Waals surface area contributed by atoms with Crippen LogP contribution in [0.2, 0.25) is 0 Å². The molecule has 1 aliphatic heterocycles. The first-order valence-corrected chi connectivity index (χ1v) is 7.68. The van der Waals surface area contributed by atoms with Gasteiger partial charge in [-0.25, -0.2) is 4.98 Å². The van der Waals surface area contributed by atoms with E-state index in [1.807, 2.05) is 17.9 Å². The molecule has 0 saturated heterocycles. The van der Waals surface area contributed by atoms with E-state index in [2.05, 4.69) is 44.9 Å². The van der Waals surface area contributed by atoms with Gasteiger partial charge in [-0.05, 0) is 19.9 Å². The zero-order valence-electron chi connectivity index (χ0n) is 13.1. The first kappa shape index (κ1) is 14.1. The molecule has 0 unspecified atom stereocenters. The van der Waals surface area contributed by atoms with Gasteiger partial charge < -0.3 is 14.8 Å². The Labute approximate surface area is 125 Å². The summed E-state index contributed by atoms with van der Waals surface area (Å²) in [6.07, 6.45) is 5.09. The molecule has 3 heterocycles. The first-order valence-electron chi connectivity index (χ1n) is 7.68. The minimum absolute atomic E-state index is 0.854. The SMILES string of the molecule is CCCNCc1c(C)nn(C)c1N1CCn2ccnc2C1. The minimum atomic E-state index is 0.854. The second-order valence-corrected chi connectivity index (χ2v) is 5.65. The molecule has 0 aromatic carbocycles. The molecule has 0 radical (unpaired) electrons. The molecule has 6 heteroatoms. The van der Waals surface area contributed by atoms with Gasteiger partial charge in [-0.1, -0.05) is 6.92 Å². The lowest BCUT2D eigenvalue weighted by Crippen LogP contribution is -2.35. The maximum Gasteiger partial charge on any atom is 0.131 e. The first-order chi connectivity index (χ1) is 10.2. The lowest BCUT2D eigenvalue weighted by atomic mass is 10.2. The second kappa shape index (κ2) is 5.89. The number of rotatable bonds is 5. The van der Waals surface area contributed by atoms with Crippen LogP contribution >= 0.6 is 0 Å². The third kappa shape index (κ3) is 2.68. The number of fused-ring (bicyclic) bond motifs is 1. The van der Waals surface area contributed by atoms with E-state index in [0.717, 1.165) is 50.7 Å². The average Bonchev–Trinajstić information content (AvgIpc) is 3.03. The van der Waals surface area contributed by atoms with Crippen LogP contribution in [-0.4, -0.2) is 32.4 Å². The molecule has 0 aliphatic carbocycles. The summed E-state index contributed by atoms with van der Waals surface area (Å²) in [4.78, 5) is 6.84. The molecule has 21 heavy (non-hydrogen) atoms.